The van der Waals surface area contributed by atoms with Crippen LogP contribution in [0.1, 0.15) is 24.5 Å². The molecule has 2 aliphatic heterocycles. The average Bonchev–Trinajstić information content (AvgIpc) is 3.02. The van der Waals surface area contributed by atoms with Crippen LogP contribution < -0.4 is 20.1 Å². The number of anilines is 1. The minimum atomic E-state index is 0.0281. The second-order valence-electron chi connectivity index (χ2n) is 7.37. The summed E-state index contributed by atoms with van der Waals surface area (Å²) in [6.07, 6.45) is 1.76. The van der Waals surface area contributed by atoms with Gasteiger partial charge in [-0.2, -0.15) is 0 Å². The summed E-state index contributed by atoms with van der Waals surface area (Å²) in [5.74, 6) is 2.06. The minimum Gasteiger partial charge on any atom is -0.490 e. The van der Waals surface area contributed by atoms with Gasteiger partial charge in [0.15, 0.2) is 17.5 Å². The van der Waals surface area contributed by atoms with E-state index in [1.807, 2.05) is 36.1 Å². The SMILES string of the molecule is CCNC(=NCC(=O)N1CCc2ccccc2C1)Nc1ccc2c(c1)OCCCO2. The van der Waals surface area contributed by atoms with Crippen molar-refractivity contribution in [1.29, 1.82) is 0 Å². The summed E-state index contributed by atoms with van der Waals surface area (Å²) in [5.41, 5.74) is 3.38. The molecule has 0 spiro atoms. The molecule has 0 fully saturated rings. The molecule has 0 bridgehead atoms. The topological polar surface area (TPSA) is 75.2 Å². The molecule has 0 saturated carbocycles. The maximum absolute atomic E-state index is 12.7. The quantitative estimate of drug-likeness (QED) is 0.601. The van der Waals surface area contributed by atoms with Crippen LogP contribution in [0.2, 0.25) is 0 Å². The molecule has 0 atom stereocenters. The maximum Gasteiger partial charge on any atom is 0.244 e. The number of carbonyl (C=O) groups excluding carboxylic acids is 1. The fraction of sp³-hybridized carbons (Fsp3) is 0.391. The summed E-state index contributed by atoms with van der Waals surface area (Å²) in [7, 11) is 0. The summed E-state index contributed by atoms with van der Waals surface area (Å²) in [6.45, 7) is 5.47. The van der Waals surface area contributed by atoms with Crippen LogP contribution in [0.15, 0.2) is 47.5 Å². The van der Waals surface area contributed by atoms with Crippen LogP contribution in [0.5, 0.6) is 11.5 Å². The Hall–Kier alpha value is -3.22. The molecule has 0 aromatic heterocycles. The number of amides is 1. The van der Waals surface area contributed by atoms with Gasteiger partial charge in [-0.25, -0.2) is 4.99 Å². The molecule has 7 nitrogen and oxygen atoms in total. The standard InChI is InChI=1S/C23H28N4O3/c1-2-24-23(26-19-8-9-20-21(14-19)30-13-5-12-29-20)25-15-22(28)27-11-10-17-6-3-4-7-18(17)16-27/h3-4,6-9,14H,2,5,10-13,15-16H2,1H3,(H2,24,25,26). The Morgan fingerprint density at radius 3 is 2.73 bits per heavy atom. The van der Waals surface area contributed by atoms with Crippen LogP contribution in [-0.4, -0.2) is 49.6 Å². The van der Waals surface area contributed by atoms with Gasteiger partial charge in [-0.05, 0) is 36.6 Å². The van der Waals surface area contributed by atoms with Crippen molar-refractivity contribution in [1.82, 2.24) is 10.2 Å². The fourth-order valence-corrected chi connectivity index (χ4v) is 3.64. The number of nitrogens with one attached hydrogen (secondary N) is 2. The molecule has 2 aromatic carbocycles. The third-order valence-electron chi connectivity index (χ3n) is 5.21. The average molecular weight is 409 g/mol. The normalized spacial score (nSPS) is 15.8. The maximum atomic E-state index is 12.7. The van der Waals surface area contributed by atoms with Gasteiger partial charge in [-0.1, -0.05) is 24.3 Å². The first kappa shape index (κ1) is 20.1. The van der Waals surface area contributed by atoms with Crippen LogP contribution in [0.3, 0.4) is 0 Å². The molecule has 0 unspecified atom stereocenters. The number of guanidine groups is 1. The van der Waals surface area contributed by atoms with Crippen molar-refractivity contribution in [2.45, 2.75) is 26.3 Å². The Morgan fingerprint density at radius 2 is 1.90 bits per heavy atom. The van der Waals surface area contributed by atoms with E-state index in [2.05, 4.69) is 33.8 Å². The lowest BCUT2D eigenvalue weighted by Crippen LogP contribution is -2.38. The van der Waals surface area contributed by atoms with Gasteiger partial charge in [-0.15, -0.1) is 0 Å². The third-order valence-corrected chi connectivity index (χ3v) is 5.21. The van der Waals surface area contributed by atoms with Crippen molar-refractivity contribution < 1.29 is 14.3 Å². The third kappa shape index (κ3) is 4.84. The van der Waals surface area contributed by atoms with Gasteiger partial charge in [0, 0.05) is 37.8 Å². The lowest BCUT2D eigenvalue weighted by molar-refractivity contribution is -0.130. The van der Waals surface area contributed by atoms with Crippen molar-refractivity contribution in [2.75, 3.05) is 38.2 Å². The lowest BCUT2D eigenvalue weighted by Gasteiger charge is -2.28. The summed E-state index contributed by atoms with van der Waals surface area (Å²) >= 11 is 0. The van der Waals surface area contributed by atoms with E-state index >= 15 is 0 Å². The first-order valence-corrected chi connectivity index (χ1v) is 10.5. The highest BCUT2D eigenvalue weighted by atomic mass is 16.5. The molecule has 2 aromatic rings. The zero-order chi connectivity index (χ0) is 20.8. The zero-order valence-corrected chi connectivity index (χ0v) is 17.3. The highest BCUT2D eigenvalue weighted by Gasteiger charge is 2.20. The van der Waals surface area contributed by atoms with E-state index in [1.165, 1.54) is 11.1 Å². The van der Waals surface area contributed by atoms with E-state index in [0.717, 1.165) is 36.6 Å². The molecular formula is C23H28N4O3. The number of fused-ring (bicyclic) bond motifs is 2. The molecular weight excluding hydrogens is 380 g/mol. The van der Waals surface area contributed by atoms with Gasteiger partial charge in [0.1, 0.15) is 6.54 Å². The van der Waals surface area contributed by atoms with Gasteiger partial charge in [0.25, 0.3) is 0 Å². The number of rotatable bonds is 4. The number of carbonyl (C=O) groups is 1. The predicted octanol–water partition coefficient (Wildman–Crippen LogP) is 2.81. The molecule has 1 amide bonds. The highest BCUT2D eigenvalue weighted by molar-refractivity contribution is 5.95. The number of hydrogen-bond donors (Lipinski definition) is 2. The molecule has 7 heteroatoms. The molecule has 158 valence electrons. The van der Waals surface area contributed by atoms with Gasteiger partial charge in [-0.3, -0.25) is 4.79 Å². The number of hydrogen-bond acceptors (Lipinski definition) is 4. The second kappa shape index (κ2) is 9.52. The van der Waals surface area contributed by atoms with Crippen LogP contribution in [0.25, 0.3) is 0 Å². The number of benzene rings is 2. The molecule has 2 heterocycles. The van der Waals surface area contributed by atoms with Crippen molar-refractivity contribution in [3.05, 3.63) is 53.6 Å². The summed E-state index contributed by atoms with van der Waals surface area (Å²) in [6, 6.07) is 14.0. The molecule has 2 aliphatic rings. The van der Waals surface area contributed by atoms with Gasteiger partial charge in [0.05, 0.1) is 13.2 Å². The Balaban J connectivity index is 1.40. The number of nitrogens with zero attached hydrogens (tertiary/aromatic N) is 2. The smallest absolute Gasteiger partial charge is 0.244 e. The van der Waals surface area contributed by atoms with E-state index in [0.29, 0.717) is 32.3 Å². The van der Waals surface area contributed by atoms with Gasteiger partial charge >= 0.3 is 0 Å². The van der Waals surface area contributed by atoms with Gasteiger partial charge < -0.3 is 25.0 Å². The van der Waals surface area contributed by atoms with Crippen molar-refractivity contribution in [3.8, 4) is 11.5 Å². The first-order chi connectivity index (χ1) is 14.7. The Labute approximate surface area is 177 Å². The predicted molar refractivity (Wildman–Crippen MR) is 117 cm³/mol. The fourth-order valence-electron chi connectivity index (χ4n) is 3.64. The minimum absolute atomic E-state index is 0.0281. The summed E-state index contributed by atoms with van der Waals surface area (Å²) in [5, 5.41) is 6.45. The van der Waals surface area contributed by atoms with E-state index < -0.39 is 0 Å². The number of aliphatic imine (C=N–C) groups is 1. The molecule has 4 rings (SSSR count). The molecule has 30 heavy (non-hydrogen) atoms. The zero-order valence-electron chi connectivity index (χ0n) is 17.3. The molecule has 0 aliphatic carbocycles. The molecule has 2 N–H and O–H groups in total. The van der Waals surface area contributed by atoms with E-state index in [4.69, 9.17) is 9.47 Å². The first-order valence-electron chi connectivity index (χ1n) is 10.5. The number of ether oxygens (including phenoxy) is 2. The molecule has 0 radical (unpaired) electrons. The van der Waals surface area contributed by atoms with Crippen LogP contribution in [0.4, 0.5) is 5.69 Å². The van der Waals surface area contributed by atoms with Crippen LogP contribution in [0, 0.1) is 0 Å². The van der Waals surface area contributed by atoms with E-state index in [9.17, 15) is 4.79 Å². The largest absolute Gasteiger partial charge is 0.490 e. The second-order valence-corrected chi connectivity index (χ2v) is 7.37. The van der Waals surface area contributed by atoms with Gasteiger partial charge in [0.2, 0.25) is 5.91 Å². The molecule has 0 saturated heterocycles. The van der Waals surface area contributed by atoms with Crippen LogP contribution >= 0.6 is 0 Å². The Morgan fingerprint density at radius 1 is 1.10 bits per heavy atom. The van der Waals surface area contributed by atoms with Crippen molar-refractivity contribution in [2.24, 2.45) is 4.99 Å². The monoisotopic (exact) mass is 408 g/mol. The highest BCUT2D eigenvalue weighted by Crippen LogP contribution is 2.32. The van der Waals surface area contributed by atoms with E-state index in [1.54, 1.807) is 0 Å². The lowest BCUT2D eigenvalue weighted by atomic mass is 10.00. The Bertz CT molecular complexity index is 928. The van der Waals surface area contributed by atoms with Crippen LogP contribution in [-0.2, 0) is 17.8 Å². The summed E-state index contributed by atoms with van der Waals surface area (Å²) < 4.78 is 11.4. The van der Waals surface area contributed by atoms with E-state index in [-0.39, 0.29) is 12.5 Å². The van der Waals surface area contributed by atoms with Crippen molar-refractivity contribution >= 4 is 17.6 Å². The van der Waals surface area contributed by atoms with Crippen molar-refractivity contribution in [3.63, 3.8) is 0 Å². The summed E-state index contributed by atoms with van der Waals surface area (Å²) in [4.78, 5) is 19.1. The Kier molecular flexibility index (Phi) is 6.37.